The third-order valence-electron chi connectivity index (χ3n) is 3.02. The molecule has 2 unspecified atom stereocenters. The summed E-state index contributed by atoms with van der Waals surface area (Å²) in [5.41, 5.74) is 3.39. The fourth-order valence-corrected chi connectivity index (χ4v) is 1.46. The molecule has 0 aromatic carbocycles. The molecule has 4 nitrogen and oxygen atoms in total. The number of hydrogen-bond donors (Lipinski definition) is 3. The molecule has 0 amide bonds. The molecule has 2 atom stereocenters. The highest BCUT2D eigenvalue weighted by atomic mass is 16.3. The highest BCUT2D eigenvalue weighted by Gasteiger charge is 2.12. The van der Waals surface area contributed by atoms with Crippen LogP contribution in [0.1, 0.15) is 30.8 Å². The van der Waals surface area contributed by atoms with Crippen molar-refractivity contribution < 1.29 is 5.11 Å². The first-order valence-electron chi connectivity index (χ1n) is 5.41. The number of aromatic amines is 1. The van der Waals surface area contributed by atoms with Crippen molar-refractivity contribution in [1.29, 1.82) is 0 Å². The molecule has 0 radical (unpaired) electrons. The van der Waals surface area contributed by atoms with Gasteiger partial charge in [0.1, 0.15) is 0 Å². The van der Waals surface area contributed by atoms with Crippen LogP contribution in [0.15, 0.2) is 0 Å². The van der Waals surface area contributed by atoms with Gasteiger partial charge in [-0.15, -0.1) is 0 Å². The lowest BCUT2D eigenvalue weighted by atomic mass is 10.0. The van der Waals surface area contributed by atoms with Crippen molar-refractivity contribution in [2.75, 3.05) is 6.61 Å². The average molecular weight is 211 g/mol. The Morgan fingerprint density at radius 3 is 2.53 bits per heavy atom. The Bertz CT molecular complexity index is 289. The van der Waals surface area contributed by atoms with E-state index in [-0.39, 0.29) is 12.5 Å². The quantitative estimate of drug-likeness (QED) is 0.684. The molecule has 4 heteroatoms. The van der Waals surface area contributed by atoms with Crippen molar-refractivity contribution >= 4 is 0 Å². The molecule has 0 aliphatic heterocycles. The Balaban J connectivity index is 2.50. The topological polar surface area (TPSA) is 60.9 Å². The normalized spacial score (nSPS) is 15.3. The van der Waals surface area contributed by atoms with E-state index >= 15 is 0 Å². The highest BCUT2D eigenvalue weighted by Crippen LogP contribution is 2.10. The van der Waals surface area contributed by atoms with Gasteiger partial charge in [-0.05, 0) is 26.7 Å². The summed E-state index contributed by atoms with van der Waals surface area (Å²) in [6.07, 6.45) is 0. The molecule has 86 valence electrons. The summed E-state index contributed by atoms with van der Waals surface area (Å²) >= 11 is 0. The molecule has 1 aromatic rings. The molecule has 0 spiro atoms. The van der Waals surface area contributed by atoms with Crippen LogP contribution in [0.4, 0.5) is 0 Å². The van der Waals surface area contributed by atoms with Crippen molar-refractivity contribution in [2.24, 2.45) is 5.92 Å². The third kappa shape index (κ3) is 3.04. The summed E-state index contributed by atoms with van der Waals surface area (Å²) in [5.74, 6) is 0.275. The van der Waals surface area contributed by atoms with Gasteiger partial charge in [0, 0.05) is 30.5 Å². The maximum atomic E-state index is 9.01. The van der Waals surface area contributed by atoms with E-state index in [0.717, 1.165) is 17.9 Å². The van der Waals surface area contributed by atoms with Crippen molar-refractivity contribution in [1.82, 2.24) is 15.5 Å². The molecule has 3 N–H and O–H groups in total. The van der Waals surface area contributed by atoms with Crippen molar-refractivity contribution in [3.63, 3.8) is 0 Å². The van der Waals surface area contributed by atoms with Gasteiger partial charge in [-0.2, -0.15) is 5.10 Å². The molecule has 0 aliphatic rings. The van der Waals surface area contributed by atoms with Crippen molar-refractivity contribution in [3.8, 4) is 0 Å². The predicted molar refractivity (Wildman–Crippen MR) is 60.6 cm³/mol. The molecule has 0 saturated heterocycles. The molecule has 0 fully saturated rings. The Morgan fingerprint density at radius 2 is 2.07 bits per heavy atom. The Morgan fingerprint density at radius 1 is 1.40 bits per heavy atom. The Hall–Kier alpha value is -0.870. The molecule has 1 aromatic heterocycles. The zero-order chi connectivity index (χ0) is 11.4. The molecular formula is C11H21N3O. The van der Waals surface area contributed by atoms with Gasteiger partial charge in [0.25, 0.3) is 0 Å². The van der Waals surface area contributed by atoms with E-state index in [9.17, 15) is 0 Å². The van der Waals surface area contributed by atoms with Crippen molar-refractivity contribution in [2.45, 2.75) is 40.3 Å². The predicted octanol–water partition coefficient (Wildman–Crippen LogP) is 1.13. The number of aliphatic hydroxyl groups is 1. The van der Waals surface area contributed by atoms with Gasteiger partial charge >= 0.3 is 0 Å². The summed E-state index contributed by atoms with van der Waals surface area (Å²) in [5, 5.41) is 19.5. The lowest BCUT2D eigenvalue weighted by molar-refractivity contribution is 0.207. The minimum atomic E-state index is 0.220. The van der Waals surface area contributed by atoms with Crippen LogP contribution in [0.2, 0.25) is 0 Å². The first-order valence-corrected chi connectivity index (χ1v) is 5.41. The molecule has 0 saturated carbocycles. The highest BCUT2D eigenvalue weighted by molar-refractivity contribution is 5.22. The number of aromatic nitrogens is 2. The number of nitrogens with zero attached hydrogens (tertiary/aromatic N) is 1. The van der Waals surface area contributed by atoms with Crippen LogP contribution in [-0.2, 0) is 6.54 Å². The van der Waals surface area contributed by atoms with Gasteiger partial charge in [-0.25, -0.2) is 0 Å². The van der Waals surface area contributed by atoms with Gasteiger partial charge in [-0.1, -0.05) is 6.92 Å². The maximum Gasteiger partial charge on any atom is 0.0638 e. The molecule has 0 bridgehead atoms. The molecule has 0 aliphatic carbocycles. The number of rotatable bonds is 5. The largest absolute Gasteiger partial charge is 0.396 e. The average Bonchev–Trinajstić information content (AvgIpc) is 2.54. The first-order chi connectivity index (χ1) is 7.06. The fourth-order valence-electron chi connectivity index (χ4n) is 1.46. The SMILES string of the molecule is Cc1n[nH]c(C)c1CNC(C)C(C)CO. The van der Waals surface area contributed by atoms with Gasteiger partial charge in [-0.3, -0.25) is 5.10 Å². The lowest BCUT2D eigenvalue weighted by Crippen LogP contribution is -2.33. The van der Waals surface area contributed by atoms with Crippen molar-refractivity contribution in [3.05, 3.63) is 17.0 Å². The fraction of sp³-hybridized carbons (Fsp3) is 0.727. The first kappa shape index (κ1) is 12.2. The summed E-state index contributed by atoms with van der Waals surface area (Å²) in [6.45, 7) is 9.17. The van der Waals surface area contributed by atoms with E-state index in [1.54, 1.807) is 0 Å². The molecular weight excluding hydrogens is 190 g/mol. The summed E-state index contributed by atoms with van der Waals surface area (Å²) in [4.78, 5) is 0. The zero-order valence-corrected chi connectivity index (χ0v) is 9.96. The van der Waals surface area contributed by atoms with Crippen LogP contribution in [-0.4, -0.2) is 28.0 Å². The van der Waals surface area contributed by atoms with E-state index in [0.29, 0.717) is 6.04 Å². The number of aryl methyl sites for hydroxylation is 2. The molecule has 1 heterocycles. The second-order valence-corrected chi connectivity index (χ2v) is 4.24. The second-order valence-electron chi connectivity index (χ2n) is 4.24. The summed E-state index contributed by atoms with van der Waals surface area (Å²) in [7, 11) is 0. The van der Waals surface area contributed by atoms with E-state index < -0.39 is 0 Å². The van der Waals surface area contributed by atoms with Crippen LogP contribution in [0.5, 0.6) is 0 Å². The van der Waals surface area contributed by atoms with Gasteiger partial charge in [0.15, 0.2) is 0 Å². The zero-order valence-electron chi connectivity index (χ0n) is 9.96. The standard InChI is InChI=1S/C11H21N3O/c1-7(6-15)8(2)12-5-11-9(3)13-14-10(11)4/h7-8,12,15H,5-6H2,1-4H3,(H,13,14). The second kappa shape index (κ2) is 5.28. The maximum absolute atomic E-state index is 9.01. The molecule has 1 rings (SSSR count). The van der Waals surface area contributed by atoms with Gasteiger partial charge in [0.05, 0.1) is 5.69 Å². The smallest absolute Gasteiger partial charge is 0.0638 e. The Kier molecular flexibility index (Phi) is 4.29. The van der Waals surface area contributed by atoms with Gasteiger partial charge < -0.3 is 10.4 Å². The van der Waals surface area contributed by atoms with Gasteiger partial charge in [0.2, 0.25) is 0 Å². The van der Waals surface area contributed by atoms with Crippen LogP contribution >= 0.6 is 0 Å². The van der Waals surface area contributed by atoms with Crippen LogP contribution < -0.4 is 5.32 Å². The number of aliphatic hydroxyl groups excluding tert-OH is 1. The van der Waals surface area contributed by atoms with Crippen LogP contribution in [0.25, 0.3) is 0 Å². The lowest BCUT2D eigenvalue weighted by Gasteiger charge is -2.19. The number of nitrogens with one attached hydrogen (secondary N) is 2. The number of H-pyrrole nitrogens is 1. The van der Waals surface area contributed by atoms with E-state index in [4.69, 9.17) is 5.11 Å². The van der Waals surface area contributed by atoms with Crippen LogP contribution in [0.3, 0.4) is 0 Å². The summed E-state index contributed by atoms with van der Waals surface area (Å²) in [6, 6.07) is 0.309. The molecule has 15 heavy (non-hydrogen) atoms. The van der Waals surface area contributed by atoms with E-state index in [2.05, 4.69) is 22.4 Å². The summed E-state index contributed by atoms with van der Waals surface area (Å²) < 4.78 is 0. The van der Waals surface area contributed by atoms with E-state index in [1.165, 1.54) is 5.56 Å². The van der Waals surface area contributed by atoms with E-state index in [1.807, 2.05) is 20.8 Å². The number of hydrogen-bond acceptors (Lipinski definition) is 3. The third-order valence-corrected chi connectivity index (χ3v) is 3.02. The minimum absolute atomic E-state index is 0.220. The Labute approximate surface area is 91.1 Å². The van der Waals surface area contributed by atoms with Crippen LogP contribution in [0, 0.1) is 19.8 Å². The minimum Gasteiger partial charge on any atom is -0.396 e. The monoisotopic (exact) mass is 211 g/mol.